The predicted molar refractivity (Wildman–Crippen MR) is 114 cm³/mol. The lowest BCUT2D eigenvalue weighted by Crippen LogP contribution is -2.43. The molecular weight excluding hydrogens is 374 g/mol. The molecule has 1 saturated heterocycles. The first-order valence-electron chi connectivity index (χ1n) is 10.8. The van der Waals surface area contributed by atoms with Crippen LogP contribution in [0.5, 0.6) is 0 Å². The second-order valence-electron chi connectivity index (χ2n) is 8.18. The number of anilines is 1. The summed E-state index contributed by atoms with van der Waals surface area (Å²) in [5.41, 5.74) is 1.96. The second-order valence-corrected chi connectivity index (χ2v) is 8.52. The molecule has 0 bridgehead atoms. The van der Waals surface area contributed by atoms with Crippen LogP contribution in [0.1, 0.15) is 51.4 Å². The summed E-state index contributed by atoms with van der Waals surface area (Å²) in [4.78, 5) is 11.7. The lowest BCUT2D eigenvalue weighted by molar-refractivity contribution is 0.127. The average molecular weight is 406 g/mol. The van der Waals surface area contributed by atoms with Gasteiger partial charge in [-0.3, -0.25) is 0 Å². The predicted octanol–water partition coefficient (Wildman–Crippen LogP) is 4.33. The van der Waals surface area contributed by atoms with E-state index >= 15 is 0 Å². The number of hydrogen-bond donors (Lipinski definition) is 1. The molecule has 2 aromatic rings. The van der Waals surface area contributed by atoms with Crippen LogP contribution in [-0.4, -0.2) is 58.3 Å². The minimum atomic E-state index is 0.312. The molecule has 1 aliphatic carbocycles. The van der Waals surface area contributed by atoms with Crippen LogP contribution in [0.3, 0.4) is 0 Å². The van der Waals surface area contributed by atoms with Crippen molar-refractivity contribution in [1.29, 1.82) is 0 Å². The van der Waals surface area contributed by atoms with Gasteiger partial charge in [-0.15, -0.1) is 0 Å². The van der Waals surface area contributed by atoms with Crippen molar-refractivity contribution in [3.63, 3.8) is 0 Å². The minimum Gasteiger partial charge on any atom is -0.385 e. The van der Waals surface area contributed by atoms with Crippen LogP contribution in [0.25, 0.3) is 11.0 Å². The molecule has 154 valence electrons. The normalized spacial score (nSPS) is 23.9. The van der Waals surface area contributed by atoms with Crippen LogP contribution in [0.2, 0.25) is 5.28 Å². The Kier molecular flexibility index (Phi) is 6.70. The molecule has 0 spiro atoms. The summed E-state index contributed by atoms with van der Waals surface area (Å²) in [6.45, 7) is 4.22. The molecule has 28 heavy (non-hydrogen) atoms. The molecule has 4 rings (SSSR count). The van der Waals surface area contributed by atoms with E-state index in [0.717, 1.165) is 42.5 Å². The van der Waals surface area contributed by atoms with E-state index in [4.69, 9.17) is 16.3 Å². The molecule has 2 fully saturated rings. The maximum Gasteiger partial charge on any atom is 0.225 e. The number of piperidine rings is 1. The van der Waals surface area contributed by atoms with Gasteiger partial charge in [-0.2, -0.15) is 4.98 Å². The molecule has 1 saturated carbocycles. The van der Waals surface area contributed by atoms with Crippen molar-refractivity contribution in [3.8, 4) is 0 Å². The fourth-order valence-electron chi connectivity index (χ4n) is 4.81. The topological polar surface area (TPSA) is 55.2 Å². The second kappa shape index (κ2) is 9.42. The molecule has 1 N–H and O–H groups in total. The van der Waals surface area contributed by atoms with Gasteiger partial charge in [0, 0.05) is 38.5 Å². The van der Waals surface area contributed by atoms with Gasteiger partial charge in [0.1, 0.15) is 5.52 Å². The Bertz CT molecular complexity index is 765. The third kappa shape index (κ3) is 4.61. The lowest BCUT2D eigenvalue weighted by atomic mass is 9.89. The van der Waals surface area contributed by atoms with E-state index in [0.29, 0.717) is 11.3 Å². The van der Waals surface area contributed by atoms with Crippen LogP contribution in [0.15, 0.2) is 12.3 Å². The van der Waals surface area contributed by atoms with Crippen molar-refractivity contribution in [2.45, 2.75) is 70.0 Å². The van der Waals surface area contributed by atoms with Gasteiger partial charge in [-0.05, 0) is 75.7 Å². The monoisotopic (exact) mass is 405 g/mol. The van der Waals surface area contributed by atoms with E-state index in [1.165, 1.54) is 58.0 Å². The van der Waals surface area contributed by atoms with Crippen LogP contribution < -0.4 is 5.32 Å². The van der Waals surface area contributed by atoms with Crippen molar-refractivity contribution < 1.29 is 4.74 Å². The number of hydrogen-bond acceptors (Lipinski definition) is 5. The van der Waals surface area contributed by atoms with Crippen LogP contribution in [0.4, 0.5) is 5.82 Å². The molecular formula is C21H32ClN5O. The highest BCUT2D eigenvalue weighted by Crippen LogP contribution is 2.30. The zero-order valence-electron chi connectivity index (χ0n) is 16.9. The number of ether oxygens (including phenoxy) is 1. The number of nitrogens with one attached hydrogen (secondary N) is 1. The van der Waals surface area contributed by atoms with Gasteiger partial charge >= 0.3 is 0 Å². The zero-order valence-corrected chi connectivity index (χ0v) is 17.6. The average Bonchev–Trinajstić information content (AvgIpc) is 3.12. The fraction of sp³-hybridized carbons (Fsp3) is 0.714. The highest BCUT2D eigenvalue weighted by Gasteiger charge is 2.27. The van der Waals surface area contributed by atoms with Crippen LogP contribution in [0, 0.1) is 0 Å². The first-order valence-corrected chi connectivity index (χ1v) is 11.1. The number of aromatic nitrogens is 3. The van der Waals surface area contributed by atoms with E-state index < -0.39 is 0 Å². The van der Waals surface area contributed by atoms with Crippen molar-refractivity contribution >= 4 is 28.5 Å². The van der Waals surface area contributed by atoms with Crippen molar-refractivity contribution in [1.82, 2.24) is 19.4 Å². The third-order valence-corrected chi connectivity index (χ3v) is 6.44. The maximum absolute atomic E-state index is 6.20. The minimum absolute atomic E-state index is 0.312. The van der Waals surface area contributed by atoms with Gasteiger partial charge in [0.2, 0.25) is 5.28 Å². The van der Waals surface area contributed by atoms with Crippen molar-refractivity contribution in [2.75, 3.05) is 32.1 Å². The first-order chi connectivity index (χ1) is 13.7. The number of aryl methyl sites for hydroxylation is 1. The molecule has 3 heterocycles. The standard InChI is InChI=1S/C21H32ClN5O/c1-28-15-5-13-27-14-10-18-19(27)20(25-21(22)24-18)23-16-6-8-17(9-7-16)26-11-3-2-4-12-26/h10,14,16-17H,2-9,11-13,15H2,1H3,(H,23,24,25). The highest BCUT2D eigenvalue weighted by molar-refractivity contribution is 6.28. The first kappa shape index (κ1) is 19.9. The van der Waals surface area contributed by atoms with Crippen molar-refractivity contribution in [2.24, 2.45) is 0 Å². The van der Waals surface area contributed by atoms with Crippen molar-refractivity contribution in [3.05, 3.63) is 17.5 Å². The molecule has 0 unspecified atom stereocenters. The smallest absolute Gasteiger partial charge is 0.225 e. The number of methoxy groups -OCH3 is 1. The van der Waals surface area contributed by atoms with E-state index in [9.17, 15) is 0 Å². The van der Waals surface area contributed by atoms with Gasteiger partial charge in [0.05, 0.1) is 5.52 Å². The lowest BCUT2D eigenvalue weighted by Gasteiger charge is -2.39. The molecule has 0 atom stereocenters. The van der Waals surface area contributed by atoms with Crippen LogP contribution in [-0.2, 0) is 11.3 Å². The number of halogens is 1. The molecule has 2 aliphatic rings. The van der Waals surface area contributed by atoms with Gasteiger partial charge in [0.15, 0.2) is 5.82 Å². The van der Waals surface area contributed by atoms with Gasteiger partial charge < -0.3 is 19.5 Å². The van der Waals surface area contributed by atoms with E-state index in [1.807, 2.05) is 6.07 Å². The molecule has 2 aromatic heterocycles. The molecule has 0 radical (unpaired) electrons. The van der Waals surface area contributed by atoms with E-state index in [-0.39, 0.29) is 0 Å². The fourth-order valence-corrected chi connectivity index (χ4v) is 4.98. The summed E-state index contributed by atoms with van der Waals surface area (Å²) < 4.78 is 7.41. The molecule has 6 nitrogen and oxygen atoms in total. The Labute approximate surface area is 172 Å². The Morgan fingerprint density at radius 1 is 1.14 bits per heavy atom. The summed E-state index contributed by atoms with van der Waals surface area (Å²) in [5.74, 6) is 0.874. The number of likely N-dealkylation sites (tertiary alicyclic amines) is 1. The zero-order chi connectivity index (χ0) is 19.3. The number of nitrogens with zero attached hydrogens (tertiary/aromatic N) is 4. The largest absolute Gasteiger partial charge is 0.385 e. The summed E-state index contributed by atoms with van der Waals surface area (Å²) in [7, 11) is 1.74. The molecule has 0 aromatic carbocycles. The summed E-state index contributed by atoms with van der Waals surface area (Å²) in [5, 5.41) is 4.01. The van der Waals surface area contributed by atoms with Gasteiger partial charge in [-0.25, -0.2) is 4.98 Å². The summed E-state index contributed by atoms with van der Waals surface area (Å²) in [6.07, 6.45) is 12.1. The maximum atomic E-state index is 6.20. The van der Waals surface area contributed by atoms with Crippen LogP contribution >= 0.6 is 11.6 Å². The SMILES string of the molecule is COCCCn1ccc2nc(Cl)nc(NC3CCC(N4CCCCC4)CC3)c21. The Morgan fingerprint density at radius 3 is 2.68 bits per heavy atom. The third-order valence-electron chi connectivity index (χ3n) is 6.28. The highest BCUT2D eigenvalue weighted by atomic mass is 35.5. The Morgan fingerprint density at radius 2 is 1.93 bits per heavy atom. The van der Waals surface area contributed by atoms with E-state index in [2.05, 4.69) is 30.9 Å². The Balaban J connectivity index is 1.43. The molecule has 0 amide bonds. The Hall–Kier alpha value is -1.37. The van der Waals surface area contributed by atoms with Gasteiger partial charge in [0.25, 0.3) is 0 Å². The quantitative estimate of drug-likeness (QED) is 0.548. The number of fused-ring (bicyclic) bond motifs is 1. The molecule has 7 heteroatoms. The van der Waals surface area contributed by atoms with E-state index in [1.54, 1.807) is 7.11 Å². The number of rotatable bonds is 7. The summed E-state index contributed by atoms with van der Waals surface area (Å²) >= 11 is 6.20. The molecule has 1 aliphatic heterocycles. The summed E-state index contributed by atoms with van der Waals surface area (Å²) in [6, 6.07) is 3.25. The van der Waals surface area contributed by atoms with Gasteiger partial charge in [-0.1, -0.05) is 6.42 Å².